The first-order valence-corrected chi connectivity index (χ1v) is 9.24. The molecule has 0 spiro atoms. The third-order valence-electron chi connectivity index (χ3n) is 3.75. The summed E-state index contributed by atoms with van der Waals surface area (Å²) >= 11 is 1.58. The maximum Gasteiger partial charge on any atom is 0.416 e. The average molecular weight is 397 g/mol. The zero-order valence-electron chi connectivity index (χ0n) is 14.5. The number of nitrogens with one attached hydrogen (secondary N) is 1. The first-order valence-electron chi connectivity index (χ1n) is 8.26. The van der Waals surface area contributed by atoms with Crippen LogP contribution in [0.4, 0.5) is 13.2 Å². The van der Waals surface area contributed by atoms with E-state index in [0.717, 1.165) is 36.0 Å². The highest BCUT2D eigenvalue weighted by Crippen LogP contribution is 2.32. The van der Waals surface area contributed by atoms with Crippen molar-refractivity contribution in [3.63, 3.8) is 0 Å². The van der Waals surface area contributed by atoms with Gasteiger partial charge in [0.1, 0.15) is 11.5 Å². The van der Waals surface area contributed by atoms with E-state index in [-0.39, 0.29) is 0 Å². The summed E-state index contributed by atoms with van der Waals surface area (Å²) in [5, 5.41) is 15.3. The van der Waals surface area contributed by atoms with E-state index in [1.54, 1.807) is 41.7 Å². The highest BCUT2D eigenvalue weighted by atomic mass is 32.2. The van der Waals surface area contributed by atoms with E-state index in [1.807, 2.05) is 0 Å². The second-order valence-electron chi connectivity index (χ2n) is 5.81. The lowest BCUT2D eigenvalue weighted by Crippen LogP contribution is -2.14. The fraction of sp³-hybridized carbons (Fsp3) is 0.353. The quantitative estimate of drug-likeness (QED) is 0.461. The van der Waals surface area contributed by atoms with Crippen molar-refractivity contribution in [2.75, 3.05) is 12.3 Å². The van der Waals surface area contributed by atoms with E-state index in [4.69, 9.17) is 4.42 Å². The Labute approximate surface area is 158 Å². The predicted octanol–water partition coefficient (Wildman–Crippen LogP) is 3.76. The van der Waals surface area contributed by atoms with Gasteiger partial charge in [0.2, 0.25) is 5.16 Å². The van der Waals surface area contributed by atoms with Gasteiger partial charge in [-0.2, -0.15) is 13.2 Å². The Kier molecular flexibility index (Phi) is 6.17. The molecule has 0 bridgehead atoms. The molecule has 6 nitrogen and oxygen atoms in total. The van der Waals surface area contributed by atoms with Gasteiger partial charge in [0.15, 0.2) is 0 Å². The summed E-state index contributed by atoms with van der Waals surface area (Å²) in [7, 11) is 1.79. The Morgan fingerprint density at radius 3 is 2.81 bits per heavy atom. The number of halogens is 3. The number of rotatable bonds is 8. The predicted molar refractivity (Wildman–Crippen MR) is 95.0 cm³/mol. The van der Waals surface area contributed by atoms with Crippen LogP contribution < -0.4 is 5.32 Å². The van der Waals surface area contributed by atoms with Crippen molar-refractivity contribution in [3.05, 3.63) is 47.7 Å². The molecular weight excluding hydrogens is 379 g/mol. The number of nitrogens with zero attached hydrogens (tertiary/aromatic N) is 4. The van der Waals surface area contributed by atoms with Gasteiger partial charge >= 0.3 is 6.18 Å². The van der Waals surface area contributed by atoms with Gasteiger partial charge in [0.25, 0.3) is 0 Å². The number of hydrogen-bond donors (Lipinski definition) is 1. The molecule has 1 aromatic carbocycles. The van der Waals surface area contributed by atoms with Crippen molar-refractivity contribution in [2.24, 2.45) is 7.05 Å². The smallest absolute Gasteiger partial charge is 0.416 e. The van der Waals surface area contributed by atoms with Crippen molar-refractivity contribution in [2.45, 2.75) is 24.3 Å². The zero-order valence-corrected chi connectivity index (χ0v) is 15.3. The van der Waals surface area contributed by atoms with Gasteiger partial charge in [-0.1, -0.05) is 23.9 Å². The highest BCUT2D eigenvalue weighted by molar-refractivity contribution is 7.99. The van der Waals surface area contributed by atoms with Crippen LogP contribution in [0.25, 0.3) is 11.3 Å². The van der Waals surface area contributed by atoms with E-state index in [1.165, 1.54) is 6.07 Å². The Morgan fingerprint density at radius 1 is 1.22 bits per heavy atom. The molecular formula is C17H18F3N5OS. The topological polar surface area (TPSA) is 68.8 Å². The number of benzene rings is 1. The first-order chi connectivity index (χ1) is 12.9. The Balaban J connectivity index is 1.45. The van der Waals surface area contributed by atoms with Crippen LogP contribution in [0.3, 0.4) is 0 Å². The van der Waals surface area contributed by atoms with E-state index in [0.29, 0.717) is 23.6 Å². The van der Waals surface area contributed by atoms with Crippen molar-refractivity contribution in [3.8, 4) is 11.3 Å². The van der Waals surface area contributed by atoms with Crippen molar-refractivity contribution in [1.29, 1.82) is 0 Å². The number of hydrogen-bond acceptors (Lipinski definition) is 6. The summed E-state index contributed by atoms with van der Waals surface area (Å²) in [6, 6.07) is 8.57. The Bertz CT molecular complexity index is 877. The minimum absolute atomic E-state index is 0.407. The number of thioether (sulfide) groups is 1. The van der Waals surface area contributed by atoms with Crippen LogP contribution in [-0.2, 0) is 19.8 Å². The molecule has 0 aliphatic carbocycles. The fourth-order valence-electron chi connectivity index (χ4n) is 2.39. The van der Waals surface area contributed by atoms with Crippen molar-refractivity contribution in [1.82, 2.24) is 25.5 Å². The Morgan fingerprint density at radius 2 is 2.07 bits per heavy atom. The minimum Gasteiger partial charge on any atom is -0.460 e. The number of aromatic nitrogens is 4. The van der Waals surface area contributed by atoms with E-state index in [2.05, 4.69) is 20.8 Å². The summed E-state index contributed by atoms with van der Waals surface area (Å²) < 4.78 is 45.7. The first kappa shape index (κ1) is 19.4. The molecule has 0 amide bonds. The van der Waals surface area contributed by atoms with E-state index in [9.17, 15) is 13.2 Å². The van der Waals surface area contributed by atoms with Gasteiger partial charge in [0, 0.05) is 18.4 Å². The molecule has 2 heterocycles. The van der Waals surface area contributed by atoms with Crippen LogP contribution in [-0.4, -0.2) is 32.5 Å². The second-order valence-corrected chi connectivity index (χ2v) is 6.87. The van der Waals surface area contributed by atoms with Crippen LogP contribution in [0.15, 0.2) is 46.0 Å². The largest absolute Gasteiger partial charge is 0.460 e. The average Bonchev–Trinajstić information content (AvgIpc) is 3.27. The highest BCUT2D eigenvalue weighted by Gasteiger charge is 2.30. The minimum atomic E-state index is -4.37. The summed E-state index contributed by atoms with van der Waals surface area (Å²) in [6.45, 7) is 1.28. The maximum absolute atomic E-state index is 12.8. The van der Waals surface area contributed by atoms with Gasteiger partial charge in [0.05, 0.1) is 12.1 Å². The van der Waals surface area contributed by atoms with Crippen molar-refractivity contribution >= 4 is 11.8 Å². The summed E-state index contributed by atoms with van der Waals surface area (Å²) in [5.74, 6) is 1.96. The lowest BCUT2D eigenvalue weighted by atomic mass is 10.1. The molecule has 0 unspecified atom stereocenters. The maximum atomic E-state index is 12.8. The molecule has 0 aliphatic rings. The molecule has 144 valence electrons. The summed E-state index contributed by atoms with van der Waals surface area (Å²) in [6.07, 6.45) is -3.45. The summed E-state index contributed by atoms with van der Waals surface area (Å²) in [4.78, 5) is 0. The SMILES string of the molecule is Cn1nnnc1SCCCNCc1ccc(-c2cccc(C(F)(F)F)c2)o1. The molecule has 1 N–H and O–H groups in total. The number of tetrazole rings is 1. The van der Waals surface area contributed by atoms with Gasteiger partial charge < -0.3 is 9.73 Å². The van der Waals surface area contributed by atoms with E-state index >= 15 is 0 Å². The number of alkyl halides is 3. The standard InChI is InChI=1S/C17H18F3N5OS/c1-25-16(22-23-24-25)27-9-3-8-21-11-14-6-7-15(26-14)12-4-2-5-13(10-12)17(18,19)20/h2,4-7,10,21H,3,8-9,11H2,1H3. The number of aryl methyl sites for hydroxylation is 1. The normalized spacial score (nSPS) is 11.9. The number of furan rings is 1. The molecule has 3 aromatic rings. The van der Waals surface area contributed by atoms with Crippen LogP contribution in [0.2, 0.25) is 0 Å². The Hall–Kier alpha value is -2.33. The van der Waals surface area contributed by atoms with Crippen LogP contribution in [0.5, 0.6) is 0 Å². The molecule has 0 saturated heterocycles. The van der Waals surface area contributed by atoms with Gasteiger partial charge in [-0.15, -0.1) is 5.10 Å². The molecule has 0 atom stereocenters. The van der Waals surface area contributed by atoms with Crippen LogP contribution in [0, 0.1) is 0 Å². The third-order valence-corrected chi connectivity index (χ3v) is 4.84. The lowest BCUT2D eigenvalue weighted by Gasteiger charge is -2.07. The van der Waals surface area contributed by atoms with Gasteiger partial charge in [-0.05, 0) is 47.7 Å². The molecule has 0 saturated carbocycles. The molecule has 27 heavy (non-hydrogen) atoms. The molecule has 2 aromatic heterocycles. The summed E-state index contributed by atoms with van der Waals surface area (Å²) in [5.41, 5.74) is -0.281. The molecule has 0 aliphatic heterocycles. The molecule has 0 radical (unpaired) electrons. The third kappa shape index (κ3) is 5.33. The van der Waals surface area contributed by atoms with Crippen molar-refractivity contribution < 1.29 is 17.6 Å². The monoisotopic (exact) mass is 397 g/mol. The van der Waals surface area contributed by atoms with Crippen LogP contribution in [0.1, 0.15) is 17.7 Å². The lowest BCUT2D eigenvalue weighted by molar-refractivity contribution is -0.137. The van der Waals surface area contributed by atoms with Gasteiger partial charge in [-0.25, -0.2) is 4.68 Å². The molecule has 3 rings (SSSR count). The van der Waals surface area contributed by atoms with E-state index < -0.39 is 11.7 Å². The van der Waals surface area contributed by atoms with Crippen LogP contribution >= 0.6 is 11.8 Å². The second kappa shape index (κ2) is 8.57. The fourth-order valence-corrected chi connectivity index (χ4v) is 3.18. The molecule has 0 fully saturated rings. The van der Waals surface area contributed by atoms with Gasteiger partial charge in [-0.3, -0.25) is 0 Å². The zero-order chi connectivity index (χ0) is 19.3. The molecule has 10 heteroatoms.